The molecule has 0 saturated carbocycles. The number of ketones is 1. The van der Waals surface area contributed by atoms with Crippen LogP contribution in [0.1, 0.15) is 38.8 Å². The molecule has 9 heteroatoms. The summed E-state index contributed by atoms with van der Waals surface area (Å²) in [4.78, 5) is 61.9. The lowest BCUT2D eigenvalue weighted by Gasteiger charge is -2.26. The fourth-order valence-electron chi connectivity index (χ4n) is 3.56. The third kappa shape index (κ3) is 6.26. The lowest BCUT2D eigenvalue weighted by atomic mass is 9.85. The van der Waals surface area contributed by atoms with Crippen LogP contribution in [0.2, 0.25) is 0 Å². The number of hydrogen-bond acceptors (Lipinski definition) is 5. The van der Waals surface area contributed by atoms with Gasteiger partial charge in [-0.15, -0.1) is 6.58 Å². The topological polar surface area (TPSA) is 133 Å². The first-order valence-electron chi connectivity index (χ1n) is 10.5. The number of rotatable bonds is 10. The number of imide groups is 1. The normalized spacial score (nSPS) is 19.6. The third-order valence-electron chi connectivity index (χ3n) is 5.34. The molecule has 1 heterocycles. The lowest BCUT2D eigenvalue weighted by Crippen LogP contribution is -2.50. The highest BCUT2D eigenvalue weighted by Gasteiger charge is 2.46. The molecule has 1 aliphatic rings. The Kier molecular flexibility index (Phi) is 8.69. The summed E-state index contributed by atoms with van der Waals surface area (Å²) < 4.78 is 0. The van der Waals surface area contributed by atoms with Crippen LogP contribution in [0.15, 0.2) is 43.0 Å². The zero-order chi connectivity index (χ0) is 23.8. The van der Waals surface area contributed by atoms with E-state index >= 15 is 0 Å². The number of nitrogens with one attached hydrogen (secondary N) is 4. The van der Waals surface area contributed by atoms with Crippen LogP contribution in [-0.2, 0) is 19.2 Å². The molecule has 5 amide bonds. The summed E-state index contributed by atoms with van der Waals surface area (Å²) in [5, 5.41) is 10.2. The zero-order valence-corrected chi connectivity index (χ0v) is 18.5. The Labute approximate surface area is 187 Å². The SMILES string of the molecule is C=CCNC(=O)N[C@@H](CC(=O)N[C@H](C(=O)[C@@H]1C(=O)NC(=O)[C@H]1C)C(C)C)c1ccccc1. The monoisotopic (exact) mass is 442 g/mol. The standard InChI is InChI=1S/C23H30N4O5/c1-5-11-24-23(32)25-16(15-9-7-6-8-10-15)12-17(28)26-19(13(2)3)20(29)18-14(4)21(30)27-22(18)31/h5-10,13-14,16,18-19H,1,11-12H2,2-4H3,(H,26,28)(H2,24,25,32)(H,27,30,31)/t14-,16-,18+,19-/m0/s1. The van der Waals surface area contributed by atoms with Gasteiger partial charge in [-0.1, -0.05) is 57.2 Å². The van der Waals surface area contributed by atoms with Crippen LogP contribution in [-0.4, -0.2) is 42.1 Å². The van der Waals surface area contributed by atoms with E-state index in [9.17, 15) is 24.0 Å². The molecular weight excluding hydrogens is 412 g/mol. The fourth-order valence-corrected chi connectivity index (χ4v) is 3.56. The molecule has 1 fully saturated rings. The molecule has 0 aromatic heterocycles. The molecule has 2 rings (SSSR count). The van der Waals surface area contributed by atoms with Crippen molar-refractivity contribution in [2.75, 3.05) is 6.54 Å². The van der Waals surface area contributed by atoms with Crippen molar-refractivity contribution in [1.82, 2.24) is 21.3 Å². The number of carbonyl (C=O) groups is 5. The van der Waals surface area contributed by atoms with Crippen molar-refractivity contribution in [3.8, 4) is 0 Å². The third-order valence-corrected chi connectivity index (χ3v) is 5.34. The summed E-state index contributed by atoms with van der Waals surface area (Å²) in [6.45, 7) is 8.82. The highest BCUT2D eigenvalue weighted by atomic mass is 16.2. The molecule has 1 saturated heterocycles. The molecule has 0 unspecified atom stereocenters. The van der Waals surface area contributed by atoms with E-state index in [0.717, 1.165) is 5.56 Å². The summed E-state index contributed by atoms with van der Waals surface area (Å²) in [6, 6.07) is 6.93. The summed E-state index contributed by atoms with van der Waals surface area (Å²) in [6.07, 6.45) is 1.42. The Morgan fingerprint density at radius 3 is 2.28 bits per heavy atom. The number of urea groups is 1. The Morgan fingerprint density at radius 1 is 1.09 bits per heavy atom. The van der Waals surface area contributed by atoms with Crippen LogP contribution in [0.25, 0.3) is 0 Å². The quantitative estimate of drug-likeness (QED) is 0.246. The van der Waals surface area contributed by atoms with Gasteiger partial charge in [0.15, 0.2) is 5.78 Å². The Morgan fingerprint density at radius 2 is 1.75 bits per heavy atom. The maximum Gasteiger partial charge on any atom is 0.315 e. The van der Waals surface area contributed by atoms with Crippen molar-refractivity contribution in [3.63, 3.8) is 0 Å². The molecule has 1 aromatic rings. The molecule has 4 atom stereocenters. The first-order chi connectivity index (χ1) is 15.1. The van der Waals surface area contributed by atoms with Gasteiger partial charge in [0.1, 0.15) is 5.92 Å². The molecule has 172 valence electrons. The van der Waals surface area contributed by atoms with Crippen molar-refractivity contribution >= 4 is 29.5 Å². The predicted octanol–water partition coefficient (Wildman–Crippen LogP) is 1.22. The van der Waals surface area contributed by atoms with E-state index in [0.29, 0.717) is 0 Å². The number of benzene rings is 1. The molecule has 1 aromatic carbocycles. The van der Waals surface area contributed by atoms with Crippen LogP contribution < -0.4 is 21.3 Å². The lowest BCUT2D eigenvalue weighted by molar-refractivity contribution is -0.137. The second kappa shape index (κ2) is 11.2. The van der Waals surface area contributed by atoms with Gasteiger partial charge >= 0.3 is 6.03 Å². The number of Topliss-reactive ketones (excluding diaryl/α,β-unsaturated/α-hetero) is 1. The van der Waals surface area contributed by atoms with Crippen molar-refractivity contribution in [1.29, 1.82) is 0 Å². The van der Waals surface area contributed by atoms with Crippen molar-refractivity contribution < 1.29 is 24.0 Å². The van der Waals surface area contributed by atoms with Crippen LogP contribution in [0, 0.1) is 17.8 Å². The van der Waals surface area contributed by atoms with Gasteiger partial charge < -0.3 is 16.0 Å². The Hall–Kier alpha value is -3.49. The smallest absolute Gasteiger partial charge is 0.315 e. The van der Waals surface area contributed by atoms with Gasteiger partial charge in [0.2, 0.25) is 17.7 Å². The van der Waals surface area contributed by atoms with Gasteiger partial charge in [-0.2, -0.15) is 0 Å². The van der Waals surface area contributed by atoms with E-state index in [1.165, 1.54) is 13.0 Å². The second-order valence-electron chi connectivity index (χ2n) is 8.12. The largest absolute Gasteiger partial charge is 0.346 e. The van der Waals surface area contributed by atoms with E-state index < -0.39 is 53.5 Å². The van der Waals surface area contributed by atoms with E-state index in [2.05, 4.69) is 27.8 Å². The van der Waals surface area contributed by atoms with Crippen molar-refractivity contribution in [2.45, 2.75) is 39.3 Å². The van der Waals surface area contributed by atoms with Crippen LogP contribution in [0.3, 0.4) is 0 Å². The number of hydrogen-bond donors (Lipinski definition) is 4. The molecular formula is C23H30N4O5. The second-order valence-corrected chi connectivity index (χ2v) is 8.12. The molecule has 0 aliphatic carbocycles. The first kappa shape index (κ1) is 24.8. The molecule has 0 bridgehead atoms. The minimum atomic E-state index is -1.14. The highest BCUT2D eigenvalue weighted by Crippen LogP contribution is 2.24. The minimum Gasteiger partial charge on any atom is -0.346 e. The summed E-state index contributed by atoms with van der Waals surface area (Å²) in [5.41, 5.74) is 0.721. The van der Waals surface area contributed by atoms with Gasteiger partial charge in [-0.3, -0.25) is 24.5 Å². The molecule has 0 spiro atoms. The Bertz CT molecular complexity index is 884. The predicted molar refractivity (Wildman–Crippen MR) is 118 cm³/mol. The van der Waals surface area contributed by atoms with Gasteiger partial charge in [-0.05, 0) is 11.5 Å². The number of amides is 5. The fraction of sp³-hybridized carbons (Fsp3) is 0.435. The van der Waals surface area contributed by atoms with Crippen LogP contribution >= 0.6 is 0 Å². The Balaban J connectivity index is 2.14. The molecule has 9 nitrogen and oxygen atoms in total. The highest BCUT2D eigenvalue weighted by molar-refractivity contribution is 6.16. The summed E-state index contributed by atoms with van der Waals surface area (Å²) in [5.74, 6) is -4.34. The average molecular weight is 443 g/mol. The van der Waals surface area contributed by atoms with E-state index in [-0.39, 0.29) is 18.9 Å². The maximum atomic E-state index is 13.0. The molecule has 0 radical (unpaired) electrons. The average Bonchev–Trinajstić information content (AvgIpc) is 3.01. The van der Waals surface area contributed by atoms with Crippen molar-refractivity contribution in [3.05, 3.63) is 48.6 Å². The summed E-state index contributed by atoms with van der Waals surface area (Å²) >= 11 is 0. The molecule has 1 aliphatic heterocycles. The van der Waals surface area contributed by atoms with Gasteiger partial charge in [0.05, 0.1) is 24.4 Å². The van der Waals surface area contributed by atoms with E-state index in [1.807, 2.05) is 6.07 Å². The zero-order valence-electron chi connectivity index (χ0n) is 18.5. The molecule has 4 N–H and O–H groups in total. The van der Waals surface area contributed by atoms with Gasteiger partial charge in [0, 0.05) is 6.54 Å². The van der Waals surface area contributed by atoms with Gasteiger partial charge in [0.25, 0.3) is 0 Å². The van der Waals surface area contributed by atoms with Crippen LogP contribution in [0.5, 0.6) is 0 Å². The maximum absolute atomic E-state index is 13.0. The van der Waals surface area contributed by atoms with Gasteiger partial charge in [-0.25, -0.2) is 4.79 Å². The van der Waals surface area contributed by atoms with Crippen LogP contribution in [0.4, 0.5) is 4.79 Å². The van der Waals surface area contributed by atoms with Crippen molar-refractivity contribution in [2.24, 2.45) is 17.8 Å². The number of carbonyl (C=O) groups excluding carboxylic acids is 5. The molecule has 32 heavy (non-hydrogen) atoms. The first-order valence-corrected chi connectivity index (χ1v) is 10.5. The van der Waals surface area contributed by atoms with E-state index in [1.54, 1.807) is 38.1 Å². The van der Waals surface area contributed by atoms with E-state index in [4.69, 9.17) is 0 Å². The summed E-state index contributed by atoms with van der Waals surface area (Å²) in [7, 11) is 0. The minimum absolute atomic E-state index is 0.118.